The number of aromatic nitrogens is 4. The highest BCUT2D eigenvalue weighted by Gasteiger charge is 2.17. The van der Waals surface area contributed by atoms with Crippen LogP contribution in [0.3, 0.4) is 0 Å². The molecule has 0 amide bonds. The Morgan fingerprint density at radius 1 is 1.00 bits per heavy atom. The van der Waals surface area contributed by atoms with Gasteiger partial charge in [-0.05, 0) is 36.4 Å². The van der Waals surface area contributed by atoms with Gasteiger partial charge in [0.1, 0.15) is 0 Å². The van der Waals surface area contributed by atoms with Crippen molar-refractivity contribution in [2.75, 3.05) is 4.72 Å². The molecular formula is C19H13N5O4S. The number of fused-ring (bicyclic) bond motifs is 2. The Morgan fingerprint density at radius 3 is 2.79 bits per heavy atom. The van der Waals surface area contributed by atoms with Gasteiger partial charge in [-0.15, -0.1) is 10.2 Å². The molecule has 0 aliphatic carbocycles. The molecule has 2 N–H and O–H groups in total. The number of aromatic amines is 1. The van der Waals surface area contributed by atoms with Gasteiger partial charge in [0, 0.05) is 23.5 Å². The van der Waals surface area contributed by atoms with E-state index in [-0.39, 0.29) is 10.5 Å². The number of H-pyrrole nitrogens is 1. The van der Waals surface area contributed by atoms with Crippen LogP contribution in [0.4, 0.5) is 5.69 Å². The molecule has 0 atom stereocenters. The second-order valence-corrected chi connectivity index (χ2v) is 7.99. The van der Waals surface area contributed by atoms with Crippen molar-refractivity contribution < 1.29 is 12.8 Å². The lowest BCUT2D eigenvalue weighted by Gasteiger charge is -2.09. The lowest BCUT2D eigenvalue weighted by molar-refractivity contribution is 0.554. The lowest BCUT2D eigenvalue weighted by atomic mass is 10.2. The molecule has 0 aliphatic heterocycles. The van der Waals surface area contributed by atoms with E-state index in [1.807, 2.05) is 34.9 Å². The minimum Gasteiger partial charge on any atom is -0.408 e. The summed E-state index contributed by atoms with van der Waals surface area (Å²) in [6.45, 7) is 0. The number of oxazole rings is 1. The van der Waals surface area contributed by atoms with Crippen LogP contribution in [0.1, 0.15) is 0 Å². The molecule has 0 saturated carbocycles. The highest BCUT2D eigenvalue weighted by Crippen LogP contribution is 2.24. The number of anilines is 1. The number of nitrogens with zero attached hydrogens (tertiary/aromatic N) is 3. The Bertz CT molecular complexity index is 1530. The molecule has 2 aromatic carbocycles. The van der Waals surface area contributed by atoms with Gasteiger partial charge >= 0.3 is 5.76 Å². The minimum absolute atomic E-state index is 0.0221. The van der Waals surface area contributed by atoms with Gasteiger partial charge < -0.3 is 4.42 Å². The van der Waals surface area contributed by atoms with E-state index in [1.54, 1.807) is 18.2 Å². The second-order valence-electron chi connectivity index (χ2n) is 6.31. The minimum atomic E-state index is -3.89. The van der Waals surface area contributed by atoms with Gasteiger partial charge in [-0.25, -0.2) is 13.2 Å². The number of sulfonamides is 1. The van der Waals surface area contributed by atoms with Crippen molar-refractivity contribution in [3.05, 3.63) is 77.4 Å². The molecule has 3 aromatic heterocycles. The van der Waals surface area contributed by atoms with Crippen molar-refractivity contribution in [2.45, 2.75) is 4.90 Å². The van der Waals surface area contributed by atoms with Gasteiger partial charge in [0.15, 0.2) is 17.1 Å². The average Bonchev–Trinajstić information content (AvgIpc) is 3.29. The van der Waals surface area contributed by atoms with Crippen LogP contribution in [0.25, 0.3) is 28.1 Å². The molecule has 0 radical (unpaired) electrons. The SMILES string of the molecule is O=c1[nH]c2ccc(S(=O)(=O)Nc3cccc(-c4nnc5ccccn45)c3)cc2o1. The van der Waals surface area contributed by atoms with Gasteiger partial charge in [-0.2, -0.15) is 0 Å². The first-order valence-corrected chi connectivity index (χ1v) is 10.0. The quantitative estimate of drug-likeness (QED) is 0.472. The van der Waals surface area contributed by atoms with Crippen molar-refractivity contribution in [3.63, 3.8) is 0 Å². The largest absolute Gasteiger partial charge is 0.417 e. The topological polar surface area (TPSA) is 122 Å². The maximum atomic E-state index is 12.8. The fourth-order valence-corrected chi connectivity index (χ4v) is 4.13. The number of benzene rings is 2. The average molecular weight is 407 g/mol. The Balaban J connectivity index is 1.51. The second kappa shape index (κ2) is 6.31. The molecule has 0 spiro atoms. The third-order valence-corrected chi connectivity index (χ3v) is 5.77. The Kier molecular flexibility index (Phi) is 3.74. The third kappa shape index (κ3) is 3.05. The van der Waals surface area contributed by atoms with Crippen molar-refractivity contribution >= 4 is 32.5 Å². The molecule has 0 unspecified atom stereocenters. The van der Waals surface area contributed by atoms with E-state index in [1.165, 1.54) is 18.2 Å². The molecule has 10 heteroatoms. The predicted octanol–water partition coefficient (Wildman–Crippen LogP) is 2.63. The summed E-state index contributed by atoms with van der Waals surface area (Å²) in [5, 5.41) is 8.30. The van der Waals surface area contributed by atoms with Crippen molar-refractivity contribution in [1.29, 1.82) is 0 Å². The van der Waals surface area contributed by atoms with E-state index in [4.69, 9.17) is 4.42 Å². The molecule has 144 valence electrons. The summed E-state index contributed by atoms with van der Waals surface area (Å²) in [6, 6.07) is 16.6. The molecule has 5 rings (SSSR count). The number of hydrogen-bond donors (Lipinski definition) is 2. The zero-order valence-corrected chi connectivity index (χ0v) is 15.6. The Labute approximate surface area is 163 Å². The van der Waals surface area contributed by atoms with Crippen molar-refractivity contribution in [2.24, 2.45) is 0 Å². The van der Waals surface area contributed by atoms with Gasteiger partial charge in [0.25, 0.3) is 10.0 Å². The summed E-state index contributed by atoms with van der Waals surface area (Å²) in [5.74, 6) is -0.0482. The Hall–Kier alpha value is -3.92. The van der Waals surface area contributed by atoms with Crippen molar-refractivity contribution in [3.8, 4) is 11.4 Å². The Morgan fingerprint density at radius 2 is 1.90 bits per heavy atom. The van der Waals surface area contributed by atoms with Gasteiger partial charge in [-0.3, -0.25) is 14.1 Å². The highest BCUT2D eigenvalue weighted by atomic mass is 32.2. The van der Waals surface area contributed by atoms with Gasteiger partial charge in [0.2, 0.25) is 0 Å². The maximum Gasteiger partial charge on any atom is 0.417 e. The summed E-state index contributed by atoms with van der Waals surface area (Å²) in [4.78, 5) is 13.7. The zero-order chi connectivity index (χ0) is 20.0. The van der Waals surface area contributed by atoms with Crippen LogP contribution in [0, 0.1) is 0 Å². The van der Waals surface area contributed by atoms with E-state index in [0.29, 0.717) is 28.2 Å². The standard InChI is InChI=1S/C19H13N5O4S/c25-19-20-15-8-7-14(11-16(15)28-19)29(26,27)23-13-5-3-4-12(10-13)18-22-21-17-6-1-2-9-24(17)18/h1-11,23H,(H,20,25). The van der Waals surface area contributed by atoms with E-state index in [0.717, 1.165) is 0 Å². The normalized spacial score (nSPS) is 11.9. The third-order valence-electron chi connectivity index (χ3n) is 4.39. The first kappa shape index (κ1) is 17.2. The summed E-state index contributed by atoms with van der Waals surface area (Å²) in [5.41, 5.74) is 2.35. The molecule has 0 aliphatic rings. The number of nitrogens with one attached hydrogen (secondary N) is 2. The van der Waals surface area contributed by atoms with E-state index >= 15 is 0 Å². The van der Waals surface area contributed by atoms with Crippen LogP contribution in [-0.4, -0.2) is 28.0 Å². The van der Waals surface area contributed by atoms with E-state index in [2.05, 4.69) is 19.9 Å². The van der Waals surface area contributed by atoms with Crippen LogP contribution in [-0.2, 0) is 10.0 Å². The number of rotatable bonds is 4. The summed E-state index contributed by atoms with van der Waals surface area (Å²) in [6.07, 6.45) is 1.83. The first-order chi connectivity index (χ1) is 14.0. The predicted molar refractivity (Wildman–Crippen MR) is 106 cm³/mol. The van der Waals surface area contributed by atoms with Crippen LogP contribution in [0.2, 0.25) is 0 Å². The van der Waals surface area contributed by atoms with Gasteiger partial charge in [-0.1, -0.05) is 18.2 Å². The molecule has 0 saturated heterocycles. The molecule has 0 bridgehead atoms. The summed E-state index contributed by atoms with van der Waals surface area (Å²) in [7, 11) is -3.89. The van der Waals surface area contributed by atoms with E-state index in [9.17, 15) is 13.2 Å². The number of hydrogen-bond acceptors (Lipinski definition) is 6. The lowest BCUT2D eigenvalue weighted by Crippen LogP contribution is -2.12. The van der Waals surface area contributed by atoms with Crippen molar-refractivity contribution in [1.82, 2.24) is 19.6 Å². The molecule has 5 aromatic rings. The monoisotopic (exact) mass is 407 g/mol. The van der Waals surface area contributed by atoms with Crippen LogP contribution in [0.15, 0.2) is 81.0 Å². The zero-order valence-electron chi connectivity index (χ0n) is 14.7. The van der Waals surface area contributed by atoms with Crippen LogP contribution in [0.5, 0.6) is 0 Å². The molecule has 3 heterocycles. The number of pyridine rings is 1. The summed E-state index contributed by atoms with van der Waals surface area (Å²) >= 11 is 0. The molecular weight excluding hydrogens is 394 g/mol. The molecule has 9 nitrogen and oxygen atoms in total. The fraction of sp³-hybridized carbons (Fsp3) is 0. The highest BCUT2D eigenvalue weighted by molar-refractivity contribution is 7.92. The summed E-state index contributed by atoms with van der Waals surface area (Å²) < 4.78 is 34.9. The van der Waals surface area contributed by atoms with Gasteiger partial charge in [0.05, 0.1) is 10.4 Å². The molecule has 0 fully saturated rings. The first-order valence-electron chi connectivity index (χ1n) is 8.55. The van der Waals surface area contributed by atoms with E-state index < -0.39 is 15.8 Å². The maximum absolute atomic E-state index is 12.8. The van der Waals surface area contributed by atoms with Crippen LogP contribution >= 0.6 is 0 Å². The molecule has 29 heavy (non-hydrogen) atoms. The van der Waals surface area contributed by atoms with Crippen LogP contribution < -0.4 is 10.5 Å². The smallest absolute Gasteiger partial charge is 0.408 e. The fourth-order valence-electron chi connectivity index (χ4n) is 3.07.